The SMILES string of the molecule is O=C(Nc1cc(Cl)ncn1)C1OCCc2ccccc21. The smallest absolute Gasteiger partial charge is 0.259 e. The van der Waals surface area contributed by atoms with Gasteiger partial charge >= 0.3 is 0 Å². The number of aromatic nitrogens is 2. The predicted molar refractivity (Wildman–Crippen MR) is 74.5 cm³/mol. The van der Waals surface area contributed by atoms with Crippen molar-refractivity contribution in [1.82, 2.24) is 9.97 Å². The third kappa shape index (κ3) is 2.64. The normalized spacial score (nSPS) is 17.4. The van der Waals surface area contributed by atoms with E-state index in [0.717, 1.165) is 17.5 Å². The van der Waals surface area contributed by atoms with Crippen molar-refractivity contribution in [2.24, 2.45) is 0 Å². The highest BCUT2D eigenvalue weighted by atomic mass is 35.5. The predicted octanol–water partition coefficient (Wildman–Crippen LogP) is 2.38. The standard InChI is InChI=1S/C14H12ClN3O2/c15-11-7-12(17-8-16-11)18-14(19)13-10-4-2-1-3-9(10)5-6-20-13/h1-4,7-8,13H,5-6H2,(H,16,17,18,19). The first kappa shape index (κ1) is 13.0. The van der Waals surface area contributed by atoms with E-state index in [-0.39, 0.29) is 11.1 Å². The molecule has 1 aliphatic rings. The zero-order valence-corrected chi connectivity index (χ0v) is 11.3. The van der Waals surface area contributed by atoms with E-state index >= 15 is 0 Å². The lowest BCUT2D eigenvalue weighted by molar-refractivity contribution is -0.128. The van der Waals surface area contributed by atoms with E-state index in [9.17, 15) is 4.79 Å². The first-order valence-corrected chi connectivity index (χ1v) is 6.59. The number of benzene rings is 1. The first-order valence-electron chi connectivity index (χ1n) is 6.22. The number of rotatable bonds is 2. The fourth-order valence-electron chi connectivity index (χ4n) is 2.20. The van der Waals surface area contributed by atoms with Crippen LogP contribution in [0.1, 0.15) is 17.2 Å². The number of anilines is 1. The minimum absolute atomic E-state index is 0.257. The second kappa shape index (κ2) is 5.56. The largest absolute Gasteiger partial charge is 0.363 e. The maximum absolute atomic E-state index is 12.3. The molecule has 1 aromatic heterocycles. The molecule has 1 amide bonds. The van der Waals surface area contributed by atoms with Crippen molar-refractivity contribution in [2.75, 3.05) is 11.9 Å². The lowest BCUT2D eigenvalue weighted by atomic mass is 9.97. The minimum atomic E-state index is -0.617. The van der Waals surface area contributed by atoms with E-state index in [1.54, 1.807) is 0 Å². The van der Waals surface area contributed by atoms with Crippen LogP contribution in [0, 0.1) is 0 Å². The number of fused-ring (bicyclic) bond motifs is 1. The van der Waals surface area contributed by atoms with Crippen LogP contribution in [-0.4, -0.2) is 22.5 Å². The zero-order chi connectivity index (χ0) is 13.9. The summed E-state index contributed by atoms with van der Waals surface area (Å²) in [5.74, 6) is 0.105. The van der Waals surface area contributed by atoms with Gasteiger partial charge in [0.25, 0.3) is 5.91 Å². The minimum Gasteiger partial charge on any atom is -0.363 e. The monoisotopic (exact) mass is 289 g/mol. The van der Waals surface area contributed by atoms with Gasteiger partial charge in [0.05, 0.1) is 6.61 Å². The van der Waals surface area contributed by atoms with Gasteiger partial charge in [0.2, 0.25) is 0 Å². The topological polar surface area (TPSA) is 64.1 Å². The lowest BCUT2D eigenvalue weighted by Crippen LogP contribution is -2.28. The summed E-state index contributed by atoms with van der Waals surface area (Å²) in [6, 6.07) is 9.28. The van der Waals surface area contributed by atoms with E-state index in [2.05, 4.69) is 15.3 Å². The summed E-state index contributed by atoms with van der Waals surface area (Å²) in [5, 5.41) is 2.97. The van der Waals surface area contributed by atoms with Gasteiger partial charge in [-0.25, -0.2) is 9.97 Å². The summed E-state index contributed by atoms with van der Waals surface area (Å²) >= 11 is 5.76. The van der Waals surface area contributed by atoms with Gasteiger partial charge in [0.1, 0.15) is 17.3 Å². The Morgan fingerprint density at radius 3 is 3.05 bits per heavy atom. The summed E-state index contributed by atoms with van der Waals surface area (Å²) in [6.45, 7) is 0.527. The molecule has 2 heterocycles. The Morgan fingerprint density at radius 1 is 1.35 bits per heavy atom. The van der Waals surface area contributed by atoms with Crippen molar-refractivity contribution < 1.29 is 9.53 Å². The van der Waals surface area contributed by atoms with Crippen LogP contribution in [0.5, 0.6) is 0 Å². The van der Waals surface area contributed by atoms with E-state index < -0.39 is 6.10 Å². The maximum atomic E-state index is 12.3. The number of carbonyl (C=O) groups excluding carboxylic acids is 1. The fourth-order valence-corrected chi connectivity index (χ4v) is 2.35. The number of carbonyl (C=O) groups is 1. The molecule has 1 aliphatic heterocycles. The number of nitrogens with zero attached hydrogens (tertiary/aromatic N) is 2. The van der Waals surface area contributed by atoms with Gasteiger partial charge in [0.15, 0.2) is 6.10 Å². The van der Waals surface area contributed by atoms with Gasteiger partial charge in [-0.15, -0.1) is 0 Å². The van der Waals surface area contributed by atoms with Crippen LogP contribution in [0.3, 0.4) is 0 Å². The number of hydrogen-bond donors (Lipinski definition) is 1. The molecule has 0 saturated heterocycles. The van der Waals surface area contributed by atoms with Gasteiger partial charge in [-0.2, -0.15) is 0 Å². The highest BCUT2D eigenvalue weighted by molar-refractivity contribution is 6.29. The molecule has 0 spiro atoms. The van der Waals surface area contributed by atoms with Crippen LogP contribution in [0.15, 0.2) is 36.7 Å². The molecule has 1 aromatic carbocycles. The molecular weight excluding hydrogens is 278 g/mol. The van der Waals surface area contributed by atoms with E-state index in [1.165, 1.54) is 12.4 Å². The molecule has 0 saturated carbocycles. The fraction of sp³-hybridized carbons (Fsp3) is 0.214. The number of nitrogens with one attached hydrogen (secondary N) is 1. The van der Waals surface area contributed by atoms with Crippen LogP contribution in [0.4, 0.5) is 5.82 Å². The van der Waals surface area contributed by atoms with Gasteiger partial charge in [-0.3, -0.25) is 4.79 Å². The molecule has 0 fully saturated rings. The third-order valence-electron chi connectivity index (χ3n) is 3.12. The summed E-state index contributed by atoms with van der Waals surface area (Å²) < 4.78 is 5.58. The Labute approximate surface area is 121 Å². The zero-order valence-electron chi connectivity index (χ0n) is 10.5. The molecule has 3 rings (SSSR count). The number of hydrogen-bond acceptors (Lipinski definition) is 4. The summed E-state index contributed by atoms with van der Waals surface area (Å²) in [6.07, 6.45) is 1.50. The van der Waals surface area contributed by atoms with E-state index in [0.29, 0.717) is 12.4 Å². The van der Waals surface area contributed by atoms with Crippen molar-refractivity contribution in [3.63, 3.8) is 0 Å². The van der Waals surface area contributed by atoms with Crippen LogP contribution in [0.25, 0.3) is 0 Å². The first-order chi connectivity index (χ1) is 9.74. The Bertz CT molecular complexity index is 648. The molecule has 0 radical (unpaired) electrons. The Morgan fingerprint density at radius 2 is 2.20 bits per heavy atom. The highest BCUT2D eigenvalue weighted by Crippen LogP contribution is 2.27. The van der Waals surface area contributed by atoms with Crippen molar-refractivity contribution in [1.29, 1.82) is 0 Å². The second-order valence-corrected chi connectivity index (χ2v) is 4.80. The van der Waals surface area contributed by atoms with Crippen molar-refractivity contribution in [3.05, 3.63) is 52.9 Å². The Hall–Kier alpha value is -1.98. The van der Waals surface area contributed by atoms with Gasteiger partial charge in [0, 0.05) is 6.07 Å². The molecule has 0 bridgehead atoms. The molecule has 0 aliphatic carbocycles. The number of amides is 1. The average molecular weight is 290 g/mol. The third-order valence-corrected chi connectivity index (χ3v) is 3.32. The van der Waals surface area contributed by atoms with Gasteiger partial charge < -0.3 is 10.1 Å². The lowest BCUT2D eigenvalue weighted by Gasteiger charge is -2.24. The van der Waals surface area contributed by atoms with E-state index in [1.807, 2.05) is 24.3 Å². The van der Waals surface area contributed by atoms with Crippen LogP contribution in [0.2, 0.25) is 5.15 Å². The summed E-state index contributed by atoms with van der Waals surface area (Å²) in [5.41, 5.74) is 2.04. The quantitative estimate of drug-likeness (QED) is 0.862. The van der Waals surface area contributed by atoms with Crippen molar-refractivity contribution in [2.45, 2.75) is 12.5 Å². The van der Waals surface area contributed by atoms with Crippen LogP contribution >= 0.6 is 11.6 Å². The van der Waals surface area contributed by atoms with Crippen LogP contribution in [-0.2, 0) is 16.0 Å². The summed E-state index contributed by atoms with van der Waals surface area (Å²) in [4.78, 5) is 20.0. The average Bonchev–Trinajstić information content (AvgIpc) is 2.46. The van der Waals surface area contributed by atoms with Crippen LogP contribution < -0.4 is 5.32 Å². The molecule has 20 heavy (non-hydrogen) atoms. The van der Waals surface area contributed by atoms with Gasteiger partial charge in [-0.05, 0) is 17.5 Å². The molecule has 102 valence electrons. The molecule has 1 N–H and O–H groups in total. The number of ether oxygens (including phenoxy) is 1. The summed E-state index contributed by atoms with van der Waals surface area (Å²) in [7, 11) is 0. The second-order valence-electron chi connectivity index (χ2n) is 4.41. The molecule has 5 nitrogen and oxygen atoms in total. The van der Waals surface area contributed by atoms with E-state index in [4.69, 9.17) is 16.3 Å². The van der Waals surface area contributed by atoms with Crippen molar-refractivity contribution in [3.8, 4) is 0 Å². The molecule has 2 aromatic rings. The van der Waals surface area contributed by atoms with Crippen molar-refractivity contribution >= 4 is 23.3 Å². The Balaban J connectivity index is 1.82. The van der Waals surface area contributed by atoms with Gasteiger partial charge in [-0.1, -0.05) is 35.9 Å². The Kier molecular flexibility index (Phi) is 3.62. The molecule has 1 atom stereocenters. The molecule has 6 heteroatoms. The molecular formula is C14H12ClN3O2. The highest BCUT2D eigenvalue weighted by Gasteiger charge is 2.27. The molecule has 1 unspecified atom stereocenters. The number of halogens is 1. The maximum Gasteiger partial charge on any atom is 0.259 e.